The lowest BCUT2D eigenvalue weighted by molar-refractivity contribution is 0.187. The SMILES string of the molecule is CCNC(=NCC1(c2ccc(F)cc2)CCCC1)N1CC[C@@H](O)C1. The Morgan fingerprint density at radius 1 is 1.33 bits per heavy atom. The Morgan fingerprint density at radius 2 is 2.04 bits per heavy atom. The Morgan fingerprint density at radius 3 is 2.62 bits per heavy atom. The lowest BCUT2D eigenvalue weighted by Crippen LogP contribution is -2.41. The summed E-state index contributed by atoms with van der Waals surface area (Å²) < 4.78 is 13.3. The molecule has 1 saturated carbocycles. The Labute approximate surface area is 143 Å². The predicted octanol–water partition coefficient (Wildman–Crippen LogP) is 2.67. The van der Waals surface area contributed by atoms with Gasteiger partial charge in [-0.25, -0.2) is 4.39 Å². The number of halogens is 1. The lowest BCUT2D eigenvalue weighted by Gasteiger charge is -2.29. The van der Waals surface area contributed by atoms with Gasteiger partial charge in [-0.15, -0.1) is 0 Å². The quantitative estimate of drug-likeness (QED) is 0.658. The first-order valence-electron chi connectivity index (χ1n) is 9.10. The van der Waals surface area contributed by atoms with Crippen LogP contribution in [0.25, 0.3) is 0 Å². The van der Waals surface area contributed by atoms with Crippen LogP contribution in [0.1, 0.15) is 44.6 Å². The molecule has 132 valence electrons. The molecule has 2 N–H and O–H groups in total. The number of benzene rings is 1. The van der Waals surface area contributed by atoms with Crippen molar-refractivity contribution in [2.24, 2.45) is 4.99 Å². The highest BCUT2D eigenvalue weighted by Gasteiger charge is 2.36. The summed E-state index contributed by atoms with van der Waals surface area (Å²) in [5.41, 5.74) is 1.22. The Balaban J connectivity index is 1.80. The number of aliphatic hydroxyl groups is 1. The molecule has 3 rings (SSSR count). The molecule has 2 fully saturated rings. The van der Waals surface area contributed by atoms with Gasteiger partial charge in [-0.1, -0.05) is 25.0 Å². The van der Waals surface area contributed by atoms with Gasteiger partial charge in [0.15, 0.2) is 5.96 Å². The van der Waals surface area contributed by atoms with Gasteiger partial charge in [0.2, 0.25) is 0 Å². The molecule has 1 aromatic rings. The predicted molar refractivity (Wildman–Crippen MR) is 94.7 cm³/mol. The molecule has 5 heteroatoms. The largest absolute Gasteiger partial charge is 0.391 e. The number of nitrogens with one attached hydrogen (secondary N) is 1. The van der Waals surface area contributed by atoms with Crippen molar-refractivity contribution >= 4 is 5.96 Å². The number of rotatable bonds is 4. The molecule has 1 aliphatic heterocycles. The van der Waals surface area contributed by atoms with E-state index in [-0.39, 0.29) is 17.3 Å². The first kappa shape index (κ1) is 17.2. The van der Waals surface area contributed by atoms with Gasteiger partial charge in [0.05, 0.1) is 12.6 Å². The van der Waals surface area contributed by atoms with Crippen LogP contribution in [-0.4, -0.2) is 48.2 Å². The third kappa shape index (κ3) is 3.72. The van der Waals surface area contributed by atoms with E-state index in [4.69, 9.17) is 4.99 Å². The van der Waals surface area contributed by atoms with Gasteiger partial charge in [-0.2, -0.15) is 0 Å². The normalized spacial score (nSPS) is 23.7. The molecule has 4 nitrogen and oxygen atoms in total. The minimum absolute atomic E-state index is 0.0205. The Hall–Kier alpha value is -1.62. The van der Waals surface area contributed by atoms with Crippen molar-refractivity contribution in [1.82, 2.24) is 10.2 Å². The molecule has 0 spiro atoms. The van der Waals surface area contributed by atoms with E-state index in [0.29, 0.717) is 13.1 Å². The summed E-state index contributed by atoms with van der Waals surface area (Å²) in [4.78, 5) is 7.05. The molecule has 1 aliphatic carbocycles. The van der Waals surface area contributed by atoms with E-state index in [1.807, 2.05) is 12.1 Å². The fourth-order valence-corrected chi connectivity index (χ4v) is 3.98. The zero-order valence-corrected chi connectivity index (χ0v) is 14.5. The number of β-amino-alcohol motifs (C(OH)–C–C–N with tert-alkyl or cyclic N) is 1. The van der Waals surface area contributed by atoms with E-state index in [1.54, 1.807) is 12.1 Å². The second-order valence-electron chi connectivity index (χ2n) is 7.05. The number of hydrogen-bond acceptors (Lipinski definition) is 2. The van der Waals surface area contributed by atoms with Gasteiger partial charge in [0, 0.05) is 25.0 Å². The maximum atomic E-state index is 13.3. The number of aliphatic imine (C=N–C) groups is 1. The van der Waals surface area contributed by atoms with Crippen LogP contribution in [0.15, 0.2) is 29.3 Å². The van der Waals surface area contributed by atoms with Crippen LogP contribution in [0.5, 0.6) is 0 Å². The van der Waals surface area contributed by atoms with Crippen molar-refractivity contribution < 1.29 is 9.50 Å². The van der Waals surface area contributed by atoms with Crippen molar-refractivity contribution in [3.63, 3.8) is 0 Å². The Kier molecular flexibility index (Phi) is 5.39. The van der Waals surface area contributed by atoms with Gasteiger partial charge in [0.1, 0.15) is 5.82 Å². The average molecular weight is 333 g/mol. The number of hydrogen-bond donors (Lipinski definition) is 2. The van der Waals surface area contributed by atoms with E-state index >= 15 is 0 Å². The fourth-order valence-electron chi connectivity index (χ4n) is 3.98. The Bertz CT molecular complexity index is 566. The zero-order chi connectivity index (χ0) is 17.0. The van der Waals surface area contributed by atoms with Gasteiger partial charge in [-0.3, -0.25) is 4.99 Å². The molecule has 0 radical (unpaired) electrons. The molecule has 1 aromatic carbocycles. The van der Waals surface area contributed by atoms with Crippen LogP contribution in [0, 0.1) is 5.82 Å². The number of nitrogens with zero attached hydrogens (tertiary/aromatic N) is 2. The van der Waals surface area contributed by atoms with Crippen molar-refractivity contribution in [2.75, 3.05) is 26.2 Å². The molecule has 0 bridgehead atoms. The molecule has 0 aromatic heterocycles. The standard InChI is InChI=1S/C19H28FN3O/c1-2-21-18(23-12-9-17(24)13-23)22-14-19(10-3-4-11-19)15-5-7-16(20)8-6-15/h5-8,17,24H,2-4,9-14H2,1H3,(H,21,22)/t17-/m1/s1. The molecule has 1 saturated heterocycles. The van der Waals surface area contributed by atoms with Gasteiger partial charge >= 0.3 is 0 Å². The smallest absolute Gasteiger partial charge is 0.194 e. The van der Waals surface area contributed by atoms with Crippen LogP contribution in [0.2, 0.25) is 0 Å². The first-order chi connectivity index (χ1) is 11.6. The maximum absolute atomic E-state index is 13.3. The third-order valence-electron chi connectivity index (χ3n) is 5.35. The van der Waals surface area contributed by atoms with Crippen molar-refractivity contribution in [2.45, 2.75) is 50.5 Å². The van der Waals surface area contributed by atoms with Crippen molar-refractivity contribution in [1.29, 1.82) is 0 Å². The molecule has 0 unspecified atom stereocenters. The summed E-state index contributed by atoms with van der Waals surface area (Å²) in [6.07, 6.45) is 5.14. The second-order valence-corrected chi connectivity index (χ2v) is 7.05. The molecule has 1 heterocycles. The van der Waals surface area contributed by atoms with E-state index in [2.05, 4.69) is 17.1 Å². The number of aliphatic hydroxyl groups excluding tert-OH is 1. The van der Waals surface area contributed by atoms with Crippen molar-refractivity contribution in [3.05, 3.63) is 35.6 Å². The highest BCUT2D eigenvalue weighted by molar-refractivity contribution is 5.80. The lowest BCUT2D eigenvalue weighted by atomic mass is 9.79. The zero-order valence-electron chi connectivity index (χ0n) is 14.5. The van der Waals surface area contributed by atoms with E-state index in [0.717, 1.165) is 38.3 Å². The summed E-state index contributed by atoms with van der Waals surface area (Å²) in [7, 11) is 0. The average Bonchev–Trinajstić information content (AvgIpc) is 3.22. The second kappa shape index (κ2) is 7.51. The first-order valence-corrected chi connectivity index (χ1v) is 9.10. The molecule has 1 atom stereocenters. The third-order valence-corrected chi connectivity index (χ3v) is 5.35. The van der Waals surface area contributed by atoms with Gasteiger partial charge < -0.3 is 15.3 Å². The summed E-state index contributed by atoms with van der Waals surface area (Å²) in [6, 6.07) is 6.95. The topological polar surface area (TPSA) is 47.9 Å². The summed E-state index contributed by atoms with van der Waals surface area (Å²) in [5, 5.41) is 13.1. The summed E-state index contributed by atoms with van der Waals surface area (Å²) >= 11 is 0. The monoisotopic (exact) mass is 333 g/mol. The molecule has 0 amide bonds. The minimum Gasteiger partial charge on any atom is -0.391 e. The minimum atomic E-state index is -0.258. The summed E-state index contributed by atoms with van der Waals surface area (Å²) in [6.45, 7) is 5.09. The molecular formula is C19H28FN3O. The molecular weight excluding hydrogens is 305 g/mol. The molecule has 2 aliphatic rings. The number of likely N-dealkylation sites (tertiary alicyclic amines) is 1. The maximum Gasteiger partial charge on any atom is 0.194 e. The van der Waals surface area contributed by atoms with E-state index in [1.165, 1.54) is 18.4 Å². The molecule has 24 heavy (non-hydrogen) atoms. The van der Waals surface area contributed by atoms with Crippen LogP contribution >= 0.6 is 0 Å². The van der Waals surface area contributed by atoms with Crippen LogP contribution in [-0.2, 0) is 5.41 Å². The fraction of sp³-hybridized carbons (Fsp3) is 0.632. The number of guanidine groups is 1. The van der Waals surface area contributed by atoms with Crippen LogP contribution < -0.4 is 5.32 Å². The van der Waals surface area contributed by atoms with E-state index < -0.39 is 0 Å². The van der Waals surface area contributed by atoms with Gasteiger partial charge in [0.25, 0.3) is 0 Å². The summed E-state index contributed by atoms with van der Waals surface area (Å²) in [5.74, 6) is 0.706. The highest BCUT2D eigenvalue weighted by Crippen LogP contribution is 2.41. The van der Waals surface area contributed by atoms with Crippen LogP contribution in [0.3, 0.4) is 0 Å². The van der Waals surface area contributed by atoms with Gasteiger partial charge in [-0.05, 0) is 43.9 Å². The highest BCUT2D eigenvalue weighted by atomic mass is 19.1. The van der Waals surface area contributed by atoms with Crippen LogP contribution in [0.4, 0.5) is 4.39 Å². The van der Waals surface area contributed by atoms with E-state index in [9.17, 15) is 9.50 Å². The van der Waals surface area contributed by atoms with Crippen molar-refractivity contribution in [3.8, 4) is 0 Å².